The van der Waals surface area contributed by atoms with Crippen LogP contribution in [0.4, 0.5) is 4.39 Å². The summed E-state index contributed by atoms with van der Waals surface area (Å²) in [5, 5.41) is 10.4. The summed E-state index contributed by atoms with van der Waals surface area (Å²) in [5.41, 5.74) is 0.351. The van der Waals surface area contributed by atoms with Crippen molar-refractivity contribution >= 4 is 29.2 Å². The molecule has 0 aromatic heterocycles. The fourth-order valence-corrected chi connectivity index (χ4v) is 4.98. The van der Waals surface area contributed by atoms with E-state index in [4.69, 9.17) is 9.47 Å². The molecule has 0 spiro atoms. The van der Waals surface area contributed by atoms with E-state index in [-0.39, 0.29) is 12.0 Å². The minimum Gasteiger partial charge on any atom is -0.493 e. The Balaban J connectivity index is 1.41. The average molecular weight is 408 g/mol. The van der Waals surface area contributed by atoms with E-state index in [1.54, 1.807) is 17.8 Å². The van der Waals surface area contributed by atoms with Crippen molar-refractivity contribution in [3.8, 4) is 0 Å². The maximum absolute atomic E-state index is 14.5. The number of carbonyl (C=O) groups excluding carboxylic acids is 1. The van der Waals surface area contributed by atoms with Gasteiger partial charge in [-0.3, -0.25) is 4.79 Å². The minimum atomic E-state index is -1.05. The number of aliphatic hydroxyl groups is 1. The highest BCUT2D eigenvalue weighted by molar-refractivity contribution is 8.00. The standard InChI is InChI=1S/C20H25FN2O4S/c21-15-8-13(27-10-12-2-1-3-17(12)24)9-16-19(15)20(25)23-18(22-16)11-28-14-4-6-26-7-5-14/h8-9,12,14,17,19,24H,1-7,10-11H2/t12-,17-,19?/m1/s1. The highest BCUT2D eigenvalue weighted by Gasteiger charge is 2.35. The Morgan fingerprint density at radius 1 is 1.21 bits per heavy atom. The number of aliphatic imine (C=N–C) groups is 2. The van der Waals surface area contributed by atoms with Gasteiger partial charge in [0.05, 0.1) is 24.2 Å². The summed E-state index contributed by atoms with van der Waals surface area (Å²) in [5.74, 6) is -0.784. The van der Waals surface area contributed by atoms with Gasteiger partial charge in [0, 0.05) is 36.5 Å². The second kappa shape index (κ2) is 8.88. The first-order valence-electron chi connectivity index (χ1n) is 9.89. The third kappa shape index (κ3) is 4.55. The van der Waals surface area contributed by atoms with Crippen molar-refractivity contribution in [3.05, 3.63) is 23.7 Å². The lowest BCUT2D eigenvalue weighted by Gasteiger charge is -2.24. The van der Waals surface area contributed by atoms with Crippen molar-refractivity contribution < 1.29 is 23.8 Å². The van der Waals surface area contributed by atoms with E-state index in [0.717, 1.165) is 45.3 Å². The number of allylic oxidation sites excluding steroid dienone is 2. The van der Waals surface area contributed by atoms with Crippen LogP contribution >= 0.6 is 11.8 Å². The molecule has 6 nitrogen and oxygen atoms in total. The zero-order chi connectivity index (χ0) is 19.5. The van der Waals surface area contributed by atoms with Crippen LogP contribution in [-0.2, 0) is 14.3 Å². The first-order chi connectivity index (χ1) is 13.6. The van der Waals surface area contributed by atoms with E-state index in [1.165, 1.54) is 6.08 Å². The number of carbonyl (C=O) groups is 1. The molecule has 1 amide bonds. The number of rotatable bonds is 6. The molecule has 152 valence electrons. The van der Waals surface area contributed by atoms with Crippen molar-refractivity contribution in [2.24, 2.45) is 21.8 Å². The normalized spacial score (nSPS) is 30.9. The van der Waals surface area contributed by atoms with Crippen LogP contribution < -0.4 is 0 Å². The van der Waals surface area contributed by atoms with Gasteiger partial charge in [0.1, 0.15) is 23.3 Å². The predicted octanol–water partition coefficient (Wildman–Crippen LogP) is 2.82. The predicted molar refractivity (Wildman–Crippen MR) is 106 cm³/mol. The summed E-state index contributed by atoms with van der Waals surface area (Å²) >= 11 is 1.72. The van der Waals surface area contributed by atoms with Crippen LogP contribution in [0.15, 0.2) is 33.7 Å². The molecule has 4 rings (SSSR count). The molecule has 2 aliphatic heterocycles. The smallest absolute Gasteiger partial charge is 0.263 e. The molecular weight excluding hydrogens is 383 g/mol. The molecule has 28 heavy (non-hydrogen) atoms. The van der Waals surface area contributed by atoms with Crippen molar-refractivity contribution in [1.29, 1.82) is 0 Å². The van der Waals surface area contributed by atoms with Crippen LogP contribution in [0.25, 0.3) is 0 Å². The molecule has 1 N–H and O–H groups in total. The van der Waals surface area contributed by atoms with E-state index in [9.17, 15) is 14.3 Å². The third-order valence-electron chi connectivity index (χ3n) is 5.59. The molecule has 0 aromatic carbocycles. The van der Waals surface area contributed by atoms with Gasteiger partial charge in [-0.1, -0.05) is 6.42 Å². The molecule has 4 aliphatic rings. The fourth-order valence-electron chi connectivity index (χ4n) is 3.94. The number of aliphatic hydroxyl groups excluding tert-OH is 1. The number of nitrogens with zero attached hydrogens (tertiary/aromatic N) is 2. The van der Waals surface area contributed by atoms with Gasteiger partial charge in [0.15, 0.2) is 0 Å². The number of fused-ring (bicyclic) bond motifs is 1. The Hall–Kier alpha value is -1.51. The summed E-state index contributed by atoms with van der Waals surface area (Å²) in [4.78, 5) is 20.8. The lowest BCUT2D eigenvalue weighted by atomic mass is 9.94. The monoisotopic (exact) mass is 408 g/mol. The maximum atomic E-state index is 14.5. The van der Waals surface area contributed by atoms with Gasteiger partial charge in [-0.15, -0.1) is 0 Å². The molecule has 0 bridgehead atoms. The lowest BCUT2D eigenvalue weighted by molar-refractivity contribution is -0.119. The number of halogens is 1. The quantitative estimate of drug-likeness (QED) is 0.731. The van der Waals surface area contributed by atoms with Crippen molar-refractivity contribution in [2.45, 2.75) is 43.5 Å². The molecule has 2 aliphatic carbocycles. The van der Waals surface area contributed by atoms with Gasteiger partial charge in [0.25, 0.3) is 5.91 Å². The van der Waals surface area contributed by atoms with Gasteiger partial charge < -0.3 is 14.6 Å². The van der Waals surface area contributed by atoms with Gasteiger partial charge in [0.2, 0.25) is 0 Å². The Kier molecular flexibility index (Phi) is 6.28. The molecule has 0 aromatic rings. The summed E-state index contributed by atoms with van der Waals surface area (Å²) in [6.45, 7) is 1.85. The highest BCUT2D eigenvalue weighted by Crippen LogP contribution is 2.31. The van der Waals surface area contributed by atoms with Crippen LogP contribution in [-0.4, -0.2) is 59.5 Å². The summed E-state index contributed by atoms with van der Waals surface area (Å²) < 4.78 is 25.6. The average Bonchev–Trinajstić information content (AvgIpc) is 3.10. The van der Waals surface area contributed by atoms with Crippen LogP contribution in [0.2, 0.25) is 0 Å². The highest BCUT2D eigenvalue weighted by atomic mass is 32.2. The van der Waals surface area contributed by atoms with Gasteiger partial charge in [-0.2, -0.15) is 16.8 Å². The molecule has 2 fully saturated rings. The van der Waals surface area contributed by atoms with Crippen molar-refractivity contribution in [1.82, 2.24) is 0 Å². The molecular formula is C20H25FN2O4S. The second-order valence-corrected chi connectivity index (χ2v) is 8.89. The molecule has 0 radical (unpaired) electrons. The van der Waals surface area contributed by atoms with Crippen molar-refractivity contribution in [2.75, 3.05) is 25.6 Å². The van der Waals surface area contributed by atoms with E-state index in [1.807, 2.05) is 0 Å². The molecule has 8 heteroatoms. The number of amidine groups is 1. The number of hydrogen-bond donors (Lipinski definition) is 1. The summed E-state index contributed by atoms with van der Waals surface area (Å²) in [6, 6.07) is 0. The minimum absolute atomic E-state index is 0.0676. The van der Waals surface area contributed by atoms with E-state index in [0.29, 0.717) is 34.9 Å². The first kappa shape index (κ1) is 19.8. The van der Waals surface area contributed by atoms with Crippen LogP contribution in [0.1, 0.15) is 32.1 Å². The third-order valence-corrected chi connectivity index (χ3v) is 6.95. The number of hydrogen-bond acceptors (Lipinski definition) is 6. The number of ether oxygens (including phenoxy) is 2. The van der Waals surface area contributed by atoms with Crippen LogP contribution in [0.3, 0.4) is 0 Å². The van der Waals surface area contributed by atoms with Crippen LogP contribution in [0.5, 0.6) is 0 Å². The van der Waals surface area contributed by atoms with Gasteiger partial charge in [-0.25, -0.2) is 9.38 Å². The fraction of sp³-hybridized carbons (Fsp3) is 0.650. The Morgan fingerprint density at radius 3 is 2.79 bits per heavy atom. The van der Waals surface area contributed by atoms with E-state index < -0.39 is 17.7 Å². The first-order valence-corrected chi connectivity index (χ1v) is 10.9. The molecule has 3 atom stereocenters. The van der Waals surface area contributed by atoms with Gasteiger partial charge >= 0.3 is 0 Å². The molecule has 1 saturated heterocycles. The Morgan fingerprint density at radius 2 is 2.04 bits per heavy atom. The van der Waals surface area contributed by atoms with Crippen LogP contribution in [0, 0.1) is 11.8 Å². The lowest BCUT2D eigenvalue weighted by Crippen LogP contribution is -2.31. The molecule has 2 heterocycles. The van der Waals surface area contributed by atoms with E-state index >= 15 is 0 Å². The number of amides is 1. The maximum Gasteiger partial charge on any atom is 0.263 e. The Bertz CT molecular complexity index is 742. The zero-order valence-corrected chi connectivity index (χ0v) is 16.5. The SMILES string of the molecule is O=C1N=C(CSC2CCOCC2)N=C2C=C(OC[C@H]3CCC[C@H]3O)C=C(F)C12. The van der Waals surface area contributed by atoms with Gasteiger partial charge in [-0.05, 0) is 25.7 Å². The largest absolute Gasteiger partial charge is 0.493 e. The number of thioether (sulfide) groups is 1. The van der Waals surface area contributed by atoms with Crippen molar-refractivity contribution in [3.63, 3.8) is 0 Å². The summed E-state index contributed by atoms with van der Waals surface area (Å²) in [6.07, 6.45) is 7.13. The zero-order valence-electron chi connectivity index (χ0n) is 15.7. The van der Waals surface area contributed by atoms with E-state index in [2.05, 4.69) is 9.98 Å². The molecule has 1 saturated carbocycles. The molecule has 1 unspecified atom stereocenters. The topological polar surface area (TPSA) is 80.5 Å². The summed E-state index contributed by atoms with van der Waals surface area (Å²) in [7, 11) is 0. The second-order valence-electron chi connectivity index (χ2n) is 7.60. The Labute approximate surface area is 168 Å².